The Hall–Kier alpha value is -2.72. The lowest BCUT2D eigenvalue weighted by Gasteiger charge is -2.06. The molecule has 0 fully saturated rings. The number of rotatable bonds is 5. The van der Waals surface area contributed by atoms with Crippen molar-refractivity contribution >= 4 is 50.7 Å². The summed E-state index contributed by atoms with van der Waals surface area (Å²) in [5.41, 5.74) is 7.33. The lowest BCUT2D eigenvalue weighted by atomic mass is 10.1. The molecule has 134 valence electrons. The minimum atomic E-state index is -0.524. The molecule has 0 aliphatic carbocycles. The van der Waals surface area contributed by atoms with Crippen molar-refractivity contribution in [3.05, 3.63) is 39.3 Å². The van der Waals surface area contributed by atoms with Crippen molar-refractivity contribution in [1.82, 2.24) is 9.97 Å². The predicted molar refractivity (Wildman–Crippen MR) is 102 cm³/mol. The summed E-state index contributed by atoms with van der Waals surface area (Å²) in [5, 5.41) is 12.1. The van der Waals surface area contributed by atoms with Gasteiger partial charge in [-0.3, -0.25) is 10.1 Å². The quantitative estimate of drug-likeness (QED) is 0.230. The van der Waals surface area contributed by atoms with Crippen LogP contribution in [0, 0.1) is 10.1 Å². The van der Waals surface area contributed by atoms with Crippen LogP contribution in [-0.4, -0.2) is 33.7 Å². The van der Waals surface area contributed by atoms with Crippen LogP contribution < -0.4 is 5.73 Å². The maximum Gasteiger partial charge on any atom is 0.350 e. The lowest BCUT2D eigenvalue weighted by Crippen LogP contribution is -2.05. The number of carbonyl (C=O) groups excluding carboxylic acids is 1. The molecule has 10 heteroatoms. The average Bonchev–Trinajstić information content (AvgIpc) is 2.98. The lowest BCUT2D eigenvalue weighted by molar-refractivity contribution is -0.384. The van der Waals surface area contributed by atoms with E-state index < -0.39 is 10.9 Å². The summed E-state index contributed by atoms with van der Waals surface area (Å²) in [6.45, 7) is 1.94. The van der Waals surface area contributed by atoms with Crippen LogP contribution >= 0.6 is 23.1 Å². The van der Waals surface area contributed by atoms with Gasteiger partial charge in [-0.2, -0.15) is 0 Å². The zero-order chi connectivity index (χ0) is 18.8. The highest BCUT2D eigenvalue weighted by Crippen LogP contribution is 2.40. The third-order valence-electron chi connectivity index (χ3n) is 3.54. The minimum Gasteiger partial charge on any atom is -0.462 e. The first-order valence-corrected chi connectivity index (χ1v) is 9.56. The van der Waals surface area contributed by atoms with Crippen molar-refractivity contribution in [2.24, 2.45) is 0 Å². The van der Waals surface area contributed by atoms with Crippen LogP contribution in [0.15, 0.2) is 29.4 Å². The van der Waals surface area contributed by atoms with Gasteiger partial charge in [0.15, 0.2) is 5.16 Å². The van der Waals surface area contributed by atoms with E-state index in [9.17, 15) is 14.9 Å². The summed E-state index contributed by atoms with van der Waals surface area (Å²) in [6.07, 6.45) is 1.82. The van der Waals surface area contributed by atoms with E-state index in [0.717, 1.165) is 11.3 Å². The van der Waals surface area contributed by atoms with Gasteiger partial charge in [-0.1, -0.05) is 23.9 Å². The maximum absolute atomic E-state index is 12.1. The third kappa shape index (κ3) is 3.20. The fraction of sp³-hybridized carbons (Fsp3) is 0.188. The normalized spacial score (nSPS) is 10.8. The molecule has 0 saturated carbocycles. The Bertz CT molecular complexity index is 1020. The second-order valence-corrected chi connectivity index (χ2v) is 6.88. The number of carbonyl (C=O) groups is 1. The summed E-state index contributed by atoms with van der Waals surface area (Å²) in [6, 6.07) is 6.11. The molecule has 0 saturated heterocycles. The number of nitrogen functional groups attached to an aromatic ring is 1. The van der Waals surface area contributed by atoms with Crippen LogP contribution in [0.25, 0.3) is 21.5 Å². The van der Waals surface area contributed by atoms with Gasteiger partial charge in [-0.25, -0.2) is 14.8 Å². The standard InChI is InChI=1S/C16H14N4O4S2/c1-3-24-15(21)13-11(17)10-12(18-16(25-2)19-14(10)26-13)8-5-4-6-9(7-8)20(22)23/h4-7H,3,17H2,1-2H3. The van der Waals surface area contributed by atoms with Gasteiger partial charge < -0.3 is 10.5 Å². The minimum absolute atomic E-state index is 0.0561. The molecule has 0 aliphatic heterocycles. The van der Waals surface area contributed by atoms with Gasteiger partial charge in [-0.05, 0) is 13.2 Å². The molecule has 0 aliphatic rings. The Morgan fingerprint density at radius 1 is 1.42 bits per heavy atom. The van der Waals surface area contributed by atoms with E-state index in [0.29, 0.717) is 26.6 Å². The second kappa shape index (κ2) is 7.26. The largest absolute Gasteiger partial charge is 0.462 e. The molecule has 0 atom stereocenters. The first kappa shape index (κ1) is 18.1. The smallest absolute Gasteiger partial charge is 0.350 e. The number of anilines is 1. The van der Waals surface area contributed by atoms with Crippen molar-refractivity contribution in [2.75, 3.05) is 18.6 Å². The summed E-state index contributed by atoms with van der Waals surface area (Å²) in [5.74, 6) is -0.524. The number of esters is 1. The Morgan fingerprint density at radius 2 is 2.19 bits per heavy atom. The van der Waals surface area contributed by atoms with Crippen LogP contribution in [0.2, 0.25) is 0 Å². The fourth-order valence-electron chi connectivity index (χ4n) is 2.42. The highest BCUT2D eigenvalue weighted by molar-refractivity contribution is 7.98. The van der Waals surface area contributed by atoms with Crippen LogP contribution in [0.4, 0.5) is 11.4 Å². The van der Waals surface area contributed by atoms with Gasteiger partial charge in [0.25, 0.3) is 5.69 Å². The Morgan fingerprint density at radius 3 is 2.85 bits per heavy atom. The second-order valence-electron chi connectivity index (χ2n) is 5.11. The molecule has 3 aromatic rings. The number of hydrogen-bond acceptors (Lipinski definition) is 9. The van der Waals surface area contributed by atoms with Crippen LogP contribution in [0.1, 0.15) is 16.6 Å². The number of thiophene rings is 1. The molecule has 0 unspecified atom stereocenters. The Labute approximate surface area is 156 Å². The van der Waals surface area contributed by atoms with Crippen molar-refractivity contribution in [2.45, 2.75) is 12.1 Å². The SMILES string of the molecule is CCOC(=O)c1sc2nc(SC)nc(-c3cccc([N+](=O)[O-])c3)c2c1N. The molecule has 2 aromatic heterocycles. The number of aromatic nitrogens is 2. The molecule has 2 N–H and O–H groups in total. The Kier molecular flexibility index (Phi) is 5.05. The molecule has 2 heterocycles. The number of fused-ring (bicyclic) bond motifs is 1. The topological polar surface area (TPSA) is 121 Å². The number of non-ortho nitro benzene ring substituents is 1. The first-order chi connectivity index (χ1) is 12.5. The fourth-order valence-corrected chi connectivity index (χ4v) is 3.83. The van der Waals surface area contributed by atoms with E-state index in [1.165, 1.54) is 23.9 Å². The monoisotopic (exact) mass is 390 g/mol. The van der Waals surface area contributed by atoms with E-state index in [4.69, 9.17) is 10.5 Å². The number of nitrogens with zero attached hydrogens (tertiary/aromatic N) is 3. The molecule has 0 radical (unpaired) electrons. The molecule has 1 aromatic carbocycles. The zero-order valence-corrected chi connectivity index (χ0v) is 15.5. The molecule has 26 heavy (non-hydrogen) atoms. The van der Waals surface area contributed by atoms with Gasteiger partial charge in [0.1, 0.15) is 9.71 Å². The molecular weight excluding hydrogens is 376 g/mol. The summed E-state index contributed by atoms with van der Waals surface area (Å²) in [7, 11) is 0. The van der Waals surface area contributed by atoms with E-state index >= 15 is 0 Å². The van der Waals surface area contributed by atoms with Crippen LogP contribution in [0.5, 0.6) is 0 Å². The predicted octanol–water partition coefficient (Wildman–Crippen LogP) is 3.75. The van der Waals surface area contributed by atoms with E-state index in [1.807, 2.05) is 6.26 Å². The number of nitro groups is 1. The highest BCUT2D eigenvalue weighted by Gasteiger charge is 2.23. The summed E-state index contributed by atoms with van der Waals surface area (Å²) in [4.78, 5) is 32.4. The molecule has 8 nitrogen and oxygen atoms in total. The van der Waals surface area contributed by atoms with E-state index in [1.54, 1.807) is 19.1 Å². The molecule has 0 amide bonds. The van der Waals surface area contributed by atoms with Crippen LogP contribution in [0.3, 0.4) is 0 Å². The average molecular weight is 390 g/mol. The number of benzene rings is 1. The Balaban J connectivity index is 2.28. The summed E-state index contributed by atoms with van der Waals surface area (Å²) >= 11 is 2.45. The van der Waals surface area contributed by atoms with Crippen molar-refractivity contribution in [1.29, 1.82) is 0 Å². The number of nitrogens with two attached hydrogens (primary N) is 1. The number of ether oxygens (including phenoxy) is 1. The highest BCUT2D eigenvalue weighted by atomic mass is 32.2. The molecule has 0 spiro atoms. The molecule has 3 rings (SSSR count). The number of nitro benzene ring substituents is 1. The van der Waals surface area contributed by atoms with Crippen molar-refractivity contribution in [3.8, 4) is 11.3 Å². The van der Waals surface area contributed by atoms with Gasteiger partial charge in [0.05, 0.1) is 28.3 Å². The van der Waals surface area contributed by atoms with Gasteiger partial charge in [0.2, 0.25) is 0 Å². The summed E-state index contributed by atoms with van der Waals surface area (Å²) < 4.78 is 5.04. The number of thioether (sulfide) groups is 1. The zero-order valence-electron chi connectivity index (χ0n) is 13.9. The van der Waals surface area contributed by atoms with Gasteiger partial charge >= 0.3 is 5.97 Å². The third-order valence-corrected chi connectivity index (χ3v) is 5.17. The van der Waals surface area contributed by atoms with Crippen LogP contribution in [-0.2, 0) is 4.74 Å². The van der Waals surface area contributed by atoms with E-state index in [-0.39, 0.29) is 22.9 Å². The van der Waals surface area contributed by atoms with E-state index in [2.05, 4.69) is 9.97 Å². The van der Waals surface area contributed by atoms with Gasteiger partial charge in [-0.15, -0.1) is 11.3 Å². The maximum atomic E-state index is 12.1. The molecule has 0 bridgehead atoms. The number of hydrogen-bond donors (Lipinski definition) is 1. The first-order valence-electron chi connectivity index (χ1n) is 7.52. The van der Waals surface area contributed by atoms with Crippen molar-refractivity contribution < 1.29 is 14.5 Å². The van der Waals surface area contributed by atoms with Gasteiger partial charge in [0, 0.05) is 17.7 Å². The molecular formula is C16H14N4O4S2. The van der Waals surface area contributed by atoms with Crippen molar-refractivity contribution in [3.63, 3.8) is 0 Å².